The maximum atomic E-state index is 12.0. The zero-order valence-electron chi connectivity index (χ0n) is 14.2. The minimum absolute atomic E-state index is 0.0719. The third-order valence-electron chi connectivity index (χ3n) is 4.62. The minimum atomic E-state index is 0.0719. The molecule has 2 aromatic rings. The van der Waals surface area contributed by atoms with Crippen molar-refractivity contribution in [1.29, 1.82) is 5.26 Å². The van der Waals surface area contributed by atoms with Crippen molar-refractivity contribution in [2.75, 3.05) is 10.2 Å². The van der Waals surface area contributed by atoms with E-state index >= 15 is 0 Å². The van der Waals surface area contributed by atoms with E-state index in [-0.39, 0.29) is 18.0 Å². The molecule has 4 nitrogen and oxygen atoms in total. The van der Waals surface area contributed by atoms with Gasteiger partial charge >= 0.3 is 0 Å². The summed E-state index contributed by atoms with van der Waals surface area (Å²) in [6, 6.07) is 16.3. The smallest absolute Gasteiger partial charge is 0.224 e. The van der Waals surface area contributed by atoms with E-state index in [9.17, 15) is 4.79 Å². The fourth-order valence-electron chi connectivity index (χ4n) is 3.51. The van der Waals surface area contributed by atoms with Gasteiger partial charge in [0.15, 0.2) is 0 Å². The molecule has 0 radical (unpaired) electrons. The first-order valence-electron chi connectivity index (χ1n) is 8.17. The Labute approximate surface area is 142 Å². The summed E-state index contributed by atoms with van der Waals surface area (Å²) in [6.07, 6.45) is 0.843. The van der Waals surface area contributed by atoms with Gasteiger partial charge in [-0.05, 0) is 55.7 Å². The number of nitriles is 1. The first-order valence-corrected chi connectivity index (χ1v) is 8.17. The molecule has 0 saturated carbocycles. The van der Waals surface area contributed by atoms with E-state index in [2.05, 4.69) is 24.4 Å². The number of hydrogen-bond acceptors (Lipinski definition) is 3. The van der Waals surface area contributed by atoms with Crippen LogP contribution in [0.1, 0.15) is 43.0 Å². The molecule has 3 rings (SSSR count). The molecule has 0 saturated heterocycles. The van der Waals surface area contributed by atoms with Crippen LogP contribution in [0, 0.1) is 18.3 Å². The van der Waals surface area contributed by atoms with Crippen molar-refractivity contribution in [3.63, 3.8) is 0 Å². The van der Waals surface area contributed by atoms with Gasteiger partial charge in [0, 0.05) is 24.3 Å². The number of aryl methyl sites for hydroxylation is 1. The SMILES string of the molecule is CC(=O)N1c2ccccc2[C@@H](Nc2ccc(C#N)c(C)c2)C[C@H]1C. The fraction of sp³-hybridized carbons (Fsp3) is 0.300. The van der Waals surface area contributed by atoms with E-state index in [1.807, 2.05) is 48.2 Å². The third kappa shape index (κ3) is 2.85. The quantitative estimate of drug-likeness (QED) is 0.904. The maximum absolute atomic E-state index is 12.0. The van der Waals surface area contributed by atoms with Crippen molar-refractivity contribution in [2.24, 2.45) is 0 Å². The number of anilines is 2. The summed E-state index contributed by atoms with van der Waals surface area (Å²) in [4.78, 5) is 13.9. The van der Waals surface area contributed by atoms with Gasteiger partial charge in [-0.2, -0.15) is 5.26 Å². The molecule has 2 atom stereocenters. The first-order chi connectivity index (χ1) is 11.5. The molecule has 2 aromatic carbocycles. The second-order valence-corrected chi connectivity index (χ2v) is 6.37. The van der Waals surface area contributed by atoms with E-state index in [0.717, 1.165) is 28.9 Å². The number of nitrogens with one attached hydrogen (secondary N) is 1. The number of rotatable bonds is 2. The topological polar surface area (TPSA) is 56.1 Å². The second-order valence-electron chi connectivity index (χ2n) is 6.37. The Hall–Kier alpha value is -2.80. The highest BCUT2D eigenvalue weighted by Gasteiger charge is 2.31. The molecule has 122 valence electrons. The minimum Gasteiger partial charge on any atom is -0.378 e. The molecule has 1 aliphatic rings. The lowest BCUT2D eigenvalue weighted by atomic mass is 9.91. The average Bonchev–Trinajstić information content (AvgIpc) is 2.54. The van der Waals surface area contributed by atoms with E-state index in [4.69, 9.17) is 5.26 Å². The number of carbonyl (C=O) groups excluding carboxylic acids is 1. The lowest BCUT2D eigenvalue weighted by Crippen LogP contribution is -2.43. The predicted molar refractivity (Wildman–Crippen MR) is 95.9 cm³/mol. The first kappa shape index (κ1) is 16.1. The number of hydrogen-bond donors (Lipinski definition) is 1. The van der Waals surface area contributed by atoms with Crippen LogP contribution in [0.2, 0.25) is 0 Å². The van der Waals surface area contributed by atoms with Gasteiger partial charge < -0.3 is 10.2 Å². The summed E-state index contributed by atoms with van der Waals surface area (Å²) in [5.41, 5.74) is 4.76. The number of carbonyl (C=O) groups is 1. The third-order valence-corrected chi connectivity index (χ3v) is 4.62. The molecule has 1 heterocycles. The number of fused-ring (bicyclic) bond motifs is 1. The molecule has 0 unspecified atom stereocenters. The molecule has 1 aliphatic heterocycles. The molecule has 1 amide bonds. The van der Waals surface area contributed by atoms with Crippen LogP contribution >= 0.6 is 0 Å². The van der Waals surface area contributed by atoms with Crippen LogP contribution in [-0.4, -0.2) is 11.9 Å². The molecule has 1 N–H and O–H groups in total. The van der Waals surface area contributed by atoms with Crippen molar-refractivity contribution in [2.45, 2.75) is 39.3 Å². The maximum Gasteiger partial charge on any atom is 0.224 e. The Morgan fingerprint density at radius 1 is 1.29 bits per heavy atom. The van der Waals surface area contributed by atoms with Gasteiger partial charge in [0.25, 0.3) is 0 Å². The zero-order valence-corrected chi connectivity index (χ0v) is 14.2. The van der Waals surface area contributed by atoms with Gasteiger partial charge in [0.05, 0.1) is 17.7 Å². The lowest BCUT2D eigenvalue weighted by Gasteiger charge is -2.39. The van der Waals surface area contributed by atoms with E-state index < -0.39 is 0 Å². The summed E-state index contributed by atoms with van der Waals surface area (Å²) in [6.45, 7) is 5.64. The average molecular weight is 319 g/mol. The molecule has 0 aromatic heterocycles. The van der Waals surface area contributed by atoms with Crippen molar-refractivity contribution >= 4 is 17.3 Å². The Morgan fingerprint density at radius 2 is 2.04 bits per heavy atom. The normalized spacial score (nSPS) is 19.3. The van der Waals surface area contributed by atoms with Crippen LogP contribution in [0.25, 0.3) is 0 Å². The highest BCUT2D eigenvalue weighted by Crippen LogP contribution is 2.38. The Kier molecular flexibility index (Phi) is 4.26. The van der Waals surface area contributed by atoms with Crippen molar-refractivity contribution in [1.82, 2.24) is 0 Å². The lowest BCUT2D eigenvalue weighted by molar-refractivity contribution is -0.117. The van der Waals surface area contributed by atoms with E-state index in [1.54, 1.807) is 6.92 Å². The number of amides is 1. The van der Waals surface area contributed by atoms with Crippen molar-refractivity contribution in [3.05, 3.63) is 59.2 Å². The Bertz CT molecular complexity index is 822. The van der Waals surface area contributed by atoms with Crippen LogP contribution < -0.4 is 10.2 Å². The van der Waals surface area contributed by atoms with Crippen LogP contribution in [0.15, 0.2) is 42.5 Å². The Morgan fingerprint density at radius 3 is 2.71 bits per heavy atom. The van der Waals surface area contributed by atoms with Crippen LogP contribution in [-0.2, 0) is 4.79 Å². The largest absolute Gasteiger partial charge is 0.378 e. The monoisotopic (exact) mass is 319 g/mol. The fourth-order valence-corrected chi connectivity index (χ4v) is 3.51. The predicted octanol–water partition coefficient (Wildman–Crippen LogP) is 4.17. The molecular formula is C20H21N3O. The Balaban J connectivity index is 1.94. The van der Waals surface area contributed by atoms with Gasteiger partial charge in [0.1, 0.15) is 0 Å². The van der Waals surface area contributed by atoms with Gasteiger partial charge in [-0.3, -0.25) is 4.79 Å². The van der Waals surface area contributed by atoms with Gasteiger partial charge in [0.2, 0.25) is 5.91 Å². The number of nitrogens with zero attached hydrogens (tertiary/aromatic N) is 2. The van der Waals surface area contributed by atoms with Crippen LogP contribution in [0.4, 0.5) is 11.4 Å². The van der Waals surface area contributed by atoms with Gasteiger partial charge in [-0.25, -0.2) is 0 Å². The van der Waals surface area contributed by atoms with Crippen molar-refractivity contribution in [3.8, 4) is 6.07 Å². The molecule has 0 aliphatic carbocycles. The van der Waals surface area contributed by atoms with Crippen molar-refractivity contribution < 1.29 is 4.79 Å². The molecule has 24 heavy (non-hydrogen) atoms. The summed E-state index contributed by atoms with van der Waals surface area (Å²) in [5.74, 6) is 0.0719. The molecule has 4 heteroatoms. The molecule has 0 spiro atoms. The van der Waals surface area contributed by atoms with Gasteiger partial charge in [-0.1, -0.05) is 18.2 Å². The van der Waals surface area contributed by atoms with E-state index in [1.165, 1.54) is 0 Å². The number of para-hydroxylation sites is 1. The number of benzene rings is 2. The van der Waals surface area contributed by atoms with Gasteiger partial charge in [-0.15, -0.1) is 0 Å². The highest BCUT2D eigenvalue weighted by molar-refractivity contribution is 5.93. The molecule has 0 fully saturated rings. The standard InChI is InChI=1S/C20H21N3O/c1-13-10-17(9-8-16(13)12-21)22-19-11-14(2)23(15(3)24)20-7-5-4-6-18(19)20/h4-10,14,19,22H,11H2,1-3H3/t14-,19+/m1/s1. The van der Waals surface area contributed by atoms with Crippen LogP contribution in [0.5, 0.6) is 0 Å². The summed E-state index contributed by atoms with van der Waals surface area (Å²) in [5, 5.41) is 12.6. The van der Waals surface area contributed by atoms with Crippen LogP contribution in [0.3, 0.4) is 0 Å². The molecule has 0 bridgehead atoms. The zero-order chi connectivity index (χ0) is 17.3. The molecular weight excluding hydrogens is 298 g/mol. The van der Waals surface area contributed by atoms with E-state index in [0.29, 0.717) is 5.56 Å². The summed E-state index contributed by atoms with van der Waals surface area (Å²) >= 11 is 0. The summed E-state index contributed by atoms with van der Waals surface area (Å²) in [7, 11) is 0. The highest BCUT2D eigenvalue weighted by atomic mass is 16.2. The second kappa shape index (κ2) is 6.37. The summed E-state index contributed by atoms with van der Waals surface area (Å²) < 4.78 is 0.